The highest BCUT2D eigenvalue weighted by Crippen LogP contribution is 2.44. The second kappa shape index (κ2) is 8.04. The van der Waals surface area contributed by atoms with Crippen molar-refractivity contribution in [2.45, 2.75) is 39.2 Å². The largest absolute Gasteiger partial charge is 0.354 e. The van der Waals surface area contributed by atoms with E-state index in [4.69, 9.17) is 10.1 Å². The van der Waals surface area contributed by atoms with Gasteiger partial charge in [0.15, 0.2) is 17.5 Å². The van der Waals surface area contributed by atoms with Crippen molar-refractivity contribution < 1.29 is 8.78 Å². The smallest absolute Gasteiger partial charge is 0.228 e. The summed E-state index contributed by atoms with van der Waals surface area (Å²) in [5.41, 5.74) is 1.20. The van der Waals surface area contributed by atoms with Crippen molar-refractivity contribution in [3.05, 3.63) is 53.7 Å². The minimum absolute atomic E-state index is 0.247. The molecular formula is C24H27F2N7. The van der Waals surface area contributed by atoms with E-state index >= 15 is 0 Å². The summed E-state index contributed by atoms with van der Waals surface area (Å²) in [4.78, 5) is 17.2. The molecule has 4 heterocycles. The summed E-state index contributed by atoms with van der Waals surface area (Å²) in [6, 6.07) is 6.65. The Morgan fingerprint density at radius 3 is 2.67 bits per heavy atom. The van der Waals surface area contributed by atoms with Gasteiger partial charge in [0, 0.05) is 38.3 Å². The van der Waals surface area contributed by atoms with Gasteiger partial charge in [0.25, 0.3) is 0 Å². The van der Waals surface area contributed by atoms with E-state index in [-0.39, 0.29) is 11.6 Å². The summed E-state index contributed by atoms with van der Waals surface area (Å²) in [5.74, 6) is 2.95. The van der Waals surface area contributed by atoms with Gasteiger partial charge >= 0.3 is 0 Å². The van der Waals surface area contributed by atoms with Crippen LogP contribution >= 0.6 is 0 Å². The molecular weight excluding hydrogens is 424 g/mol. The van der Waals surface area contributed by atoms with Gasteiger partial charge in [-0.25, -0.2) is 23.4 Å². The van der Waals surface area contributed by atoms with Crippen molar-refractivity contribution in [1.29, 1.82) is 0 Å². The van der Waals surface area contributed by atoms with Gasteiger partial charge in [-0.15, -0.1) is 0 Å². The van der Waals surface area contributed by atoms with Crippen molar-refractivity contribution in [3.8, 4) is 0 Å². The summed E-state index contributed by atoms with van der Waals surface area (Å²) in [5, 5.41) is 4.82. The van der Waals surface area contributed by atoms with E-state index in [2.05, 4.69) is 19.8 Å². The van der Waals surface area contributed by atoms with Gasteiger partial charge in [0.2, 0.25) is 5.95 Å². The molecule has 3 atom stereocenters. The quantitative estimate of drug-likeness (QED) is 0.600. The second-order valence-corrected chi connectivity index (χ2v) is 9.50. The minimum Gasteiger partial charge on any atom is -0.354 e. The van der Waals surface area contributed by atoms with Crippen molar-refractivity contribution >= 4 is 17.5 Å². The van der Waals surface area contributed by atoms with E-state index in [1.54, 1.807) is 19.1 Å². The molecule has 2 aliphatic heterocycles. The number of nitrogens with zero attached hydrogens (tertiary/aromatic N) is 7. The molecule has 6 rings (SSSR count). The summed E-state index contributed by atoms with van der Waals surface area (Å²) < 4.78 is 30.4. The molecule has 3 aliphatic rings. The predicted octanol–water partition coefficient (Wildman–Crippen LogP) is 3.90. The maximum atomic E-state index is 14.6. The first-order valence-corrected chi connectivity index (χ1v) is 11.8. The van der Waals surface area contributed by atoms with Crippen LogP contribution in [0.4, 0.5) is 26.2 Å². The highest BCUT2D eigenvalue weighted by atomic mass is 19.1. The molecule has 3 aromatic rings. The number of benzene rings is 1. The number of piperidine rings is 1. The Labute approximate surface area is 191 Å². The zero-order valence-electron chi connectivity index (χ0n) is 18.7. The van der Waals surface area contributed by atoms with Gasteiger partial charge in [-0.3, -0.25) is 0 Å². The third-order valence-corrected chi connectivity index (χ3v) is 7.50. The zero-order valence-corrected chi connectivity index (χ0v) is 18.7. The molecule has 0 N–H and O–H groups in total. The molecule has 0 spiro atoms. The Morgan fingerprint density at radius 2 is 1.88 bits per heavy atom. The Kier molecular flexibility index (Phi) is 4.99. The van der Waals surface area contributed by atoms with Gasteiger partial charge in [-0.05, 0) is 62.1 Å². The number of anilines is 3. The zero-order chi connectivity index (χ0) is 22.5. The molecule has 33 heavy (non-hydrogen) atoms. The molecule has 0 amide bonds. The number of fused-ring (bicyclic) bond motifs is 3. The Hall–Kier alpha value is -3.10. The predicted molar refractivity (Wildman–Crippen MR) is 120 cm³/mol. The van der Waals surface area contributed by atoms with Gasteiger partial charge in [0.1, 0.15) is 12.1 Å². The van der Waals surface area contributed by atoms with E-state index in [0.717, 1.165) is 69.3 Å². The van der Waals surface area contributed by atoms with Crippen molar-refractivity contribution in [3.63, 3.8) is 0 Å². The lowest BCUT2D eigenvalue weighted by molar-refractivity contribution is 0.263. The van der Waals surface area contributed by atoms with Crippen LogP contribution in [-0.4, -0.2) is 44.4 Å². The summed E-state index contributed by atoms with van der Waals surface area (Å²) in [7, 11) is 0. The molecule has 1 aromatic carbocycles. The maximum Gasteiger partial charge on any atom is 0.228 e. The molecule has 2 aromatic heterocycles. The van der Waals surface area contributed by atoms with Crippen LogP contribution in [0.25, 0.3) is 0 Å². The van der Waals surface area contributed by atoms with Gasteiger partial charge in [-0.1, -0.05) is 6.07 Å². The first-order chi connectivity index (χ1) is 16.1. The lowest BCUT2D eigenvalue weighted by Gasteiger charge is -2.38. The first kappa shape index (κ1) is 20.5. The van der Waals surface area contributed by atoms with Crippen LogP contribution in [0.1, 0.15) is 30.8 Å². The fourth-order valence-electron chi connectivity index (χ4n) is 5.90. The Morgan fingerprint density at radius 1 is 1.06 bits per heavy atom. The molecule has 7 nitrogen and oxygen atoms in total. The lowest BCUT2D eigenvalue weighted by atomic mass is 9.82. The first-order valence-electron chi connectivity index (χ1n) is 11.8. The van der Waals surface area contributed by atoms with Crippen LogP contribution < -0.4 is 9.80 Å². The molecule has 2 fully saturated rings. The van der Waals surface area contributed by atoms with Gasteiger partial charge in [-0.2, -0.15) is 10.1 Å². The van der Waals surface area contributed by atoms with E-state index in [1.807, 2.05) is 10.7 Å². The van der Waals surface area contributed by atoms with Crippen molar-refractivity contribution in [1.82, 2.24) is 24.7 Å². The summed E-state index contributed by atoms with van der Waals surface area (Å²) in [6.45, 7) is 4.91. The monoisotopic (exact) mass is 451 g/mol. The number of aromatic nitrogens is 5. The van der Waals surface area contributed by atoms with E-state index in [0.29, 0.717) is 29.3 Å². The molecule has 1 saturated heterocycles. The number of hydrogen-bond donors (Lipinski definition) is 0. The molecule has 2 bridgehead atoms. The second-order valence-electron chi connectivity index (χ2n) is 9.50. The Bertz CT molecular complexity index is 1170. The normalized spacial score (nSPS) is 24.3. The molecule has 172 valence electrons. The van der Waals surface area contributed by atoms with Gasteiger partial charge in [0.05, 0.1) is 5.69 Å². The number of halogens is 2. The molecule has 0 radical (unpaired) electrons. The minimum atomic E-state index is -0.309. The van der Waals surface area contributed by atoms with Crippen molar-refractivity contribution in [2.24, 2.45) is 17.8 Å². The lowest BCUT2D eigenvalue weighted by Crippen LogP contribution is -2.43. The fraction of sp³-hybridized carbons (Fsp3) is 0.500. The summed E-state index contributed by atoms with van der Waals surface area (Å²) >= 11 is 0. The fourth-order valence-corrected chi connectivity index (χ4v) is 5.90. The standard InChI is InChI=1S/C24H27F2N7/c1-15-22(26)23(28-14-27-15)31-12-16-6-7-17(13-31)20(16)11-21-29-24-32(8-3-9-33(24)30-21)19-5-2-4-18(25)10-19/h2,4-5,10,14,16-17,20H,3,6-9,11-13H2,1H3/t16-,17+,20?. The molecule has 1 saturated carbocycles. The van der Waals surface area contributed by atoms with Gasteiger partial charge < -0.3 is 9.80 Å². The highest BCUT2D eigenvalue weighted by molar-refractivity contribution is 5.58. The van der Waals surface area contributed by atoms with Crippen LogP contribution in [-0.2, 0) is 13.0 Å². The van der Waals surface area contributed by atoms with Crippen LogP contribution in [0, 0.1) is 36.3 Å². The third-order valence-electron chi connectivity index (χ3n) is 7.50. The third kappa shape index (κ3) is 3.63. The number of rotatable bonds is 4. The molecule has 9 heteroatoms. The van der Waals surface area contributed by atoms with E-state index < -0.39 is 0 Å². The van der Waals surface area contributed by atoms with E-state index in [9.17, 15) is 8.78 Å². The topological polar surface area (TPSA) is 63.0 Å². The molecule has 1 aliphatic carbocycles. The Balaban J connectivity index is 1.21. The average molecular weight is 452 g/mol. The van der Waals surface area contributed by atoms with Crippen LogP contribution in [0.5, 0.6) is 0 Å². The highest BCUT2D eigenvalue weighted by Gasteiger charge is 2.43. The summed E-state index contributed by atoms with van der Waals surface area (Å²) in [6.07, 6.45) is 5.50. The van der Waals surface area contributed by atoms with Crippen molar-refractivity contribution in [2.75, 3.05) is 29.4 Å². The van der Waals surface area contributed by atoms with Crippen LogP contribution in [0.3, 0.4) is 0 Å². The maximum absolute atomic E-state index is 14.6. The molecule has 1 unspecified atom stereocenters. The number of aryl methyl sites for hydroxylation is 2. The average Bonchev–Trinajstić information content (AvgIpc) is 3.31. The number of hydrogen-bond acceptors (Lipinski definition) is 6. The van der Waals surface area contributed by atoms with Crippen LogP contribution in [0.15, 0.2) is 30.6 Å². The van der Waals surface area contributed by atoms with E-state index in [1.165, 1.54) is 12.4 Å². The SMILES string of the molecule is Cc1ncnc(N2C[C@H]3CC[C@@H](C2)C3Cc2nc3n(n2)CCCN3c2cccc(F)c2)c1F. The van der Waals surface area contributed by atoms with Crippen LogP contribution in [0.2, 0.25) is 0 Å².